The second-order valence-electron chi connectivity index (χ2n) is 6.81. The Morgan fingerprint density at radius 2 is 2.04 bits per heavy atom. The standard InChI is InChI=1S/C19H20N2O3S2/c1-12-3-8-15-16(11-20)19(25-17(15)9-12)21-18(22)10-13-4-6-14(7-5-13)26(2,23)24/h4-7,12H,3,8-10H2,1-2H3,(H,21,22)/t12-/m1/s1. The van der Waals surface area contributed by atoms with Crippen LogP contribution in [-0.4, -0.2) is 20.6 Å². The van der Waals surface area contributed by atoms with E-state index in [1.165, 1.54) is 28.3 Å². The summed E-state index contributed by atoms with van der Waals surface area (Å²) >= 11 is 1.50. The summed E-state index contributed by atoms with van der Waals surface area (Å²) in [5.41, 5.74) is 2.41. The molecule has 1 aliphatic rings. The van der Waals surface area contributed by atoms with Gasteiger partial charge in [-0.1, -0.05) is 19.1 Å². The lowest BCUT2D eigenvalue weighted by atomic mass is 9.88. The van der Waals surface area contributed by atoms with Gasteiger partial charge in [0.15, 0.2) is 9.84 Å². The third-order valence-electron chi connectivity index (χ3n) is 4.59. The topological polar surface area (TPSA) is 87.0 Å². The lowest BCUT2D eigenvalue weighted by molar-refractivity contribution is -0.115. The Morgan fingerprint density at radius 1 is 1.35 bits per heavy atom. The van der Waals surface area contributed by atoms with Crippen LogP contribution in [0.1, 0.15) is 34.9 Å². The number of amides is 1. The Hall–Kier alpha value is -2.17. The molecule has 1 aliphatic carbocycles. The van der Waals surface area contributed by atoms with Crippen molar-refractivity contribution in [1.82, 2.24) is 0 Å². The number of nitriles is 1. The van der Waals surface area contributed by atoms with Gasteiger partial charge in [-0.2, -0.15) is 5.26 Å². The van der Waals surface area contributed by atoms with Crippen LogP contribution in [0.3, 0.4) is 0 Å². The Labute approximate surface area is 157 Å². The van der Waals surface area contributed by atoms with Crippen molar-refractivity contribution in [1.29, 1.82) is 5.26 Å². The molecule has 2 aromatic rings. The molecule has 1 amide bonds. The molecule has 0 aliphatic heterocycles. The molecule has 26 heavy (non-hydrogen) atoms. The molecule has 0 fully saturated rings. The van der Waals surface area contributed by atoms with E-state index in [1.54, 1.807) is 12.1 Å². The van der Waals surface area contributed by atoms with Gasteiger partial charge in [0.05, 0.1) is 16.9 Å². The van der Waals surface area contributed by atoms with E-state index in [4.69, 9.17) is 0 Å². The zero-order valence-corrected chi connectivity index (χ0v) is 16.3. The first-order chi connectivity index (χ1) is 12.3. The minimum absolute atomic E-state index is 0.133. The van der Waals surface area contributed by atoms with Crippen LogP contribution in [0.2, 0.25) is 0 Å². The fourth-order valence-corrected chi connectivity index (χ4v) is 5.18. The average Bonchev–Trinajstić information content (AvgIpc) is 2.90. The number of anilines is 1. The second-order valence-corrected chi connectivity index (χ2v) is 9.93. The number of carbonyl (C=O) groups excluding carboxylic acids is 1. The number of carbonyl (C=O) groups is 1. The van der Waals surface area contributed by atoms with Gasteiger partial charge < -0.3 is 5.32 Å². The monoisotopic (exact) mass is 388 g/mol. The summed E-state index contributed by atoms with van der Waals surface area (Å²) in [7, 11) is -3.25. The van der Waals surface area contributed by atoms with Gasteiger partial charge in [-0.3, -0.25) is 4.79 Å². The molecule has 136 valence electrons. The normalized spacial score (nSPS) is 16.6. The van der Waals surface area contributed by atoms with Crippen molar-refractivity contribution in [3.8, 4) is 6.07 Å². The maximum absolute atomic E-state index is 12.4. The molecule has 1 aromatic carbocycles. The lowest BCUT2D eigenvalue weighted by Crippen LogP contribution is -2.14. The average molecular weight is 389 g/mol. The SMILES string of the molecule is C[C@@H]1CCc2c(sc(NC(=O)Cc3ccc(S(C)(=O)=O)cc3)c2C#N)C1. The van der Waals surface area contributed by atoms with Crippen LogP contribution < -0.4 is 5.32 Å². The molecule has 0 saturated heterocycles. The van der Waals surface area contributed by atoms with Gasteiger partial charge in [-0.15, -0.1) is 11.3 Å². The summed E-state index contributed by atoms with van der Waals surface area (Å²) in [6, 6.07) is 8.53. The van der Waals surface area contributed by atoms with Gasteiger partial charge in [0.2, 0.25) is 5.91 Å². The fraction of sp³-hybridized carbons (Fsp3) is 0.368. The summed E-state index contributed by atoms with van der Waals surface area (Å²) in [4.78, 5) is 13.8. The van der Waals surface area contributed by atoms with Gasteiger partial charge in [-0.25, -0.2) is 8.42 Å². The predicted octanol–water partition coefficient (Wildman–Crippen LogP) is 3.33. The summed E-state index contributed by atoms with van der Waals surface area (Å²) < 4.78 is 23.0. The first-order valence-electron chi connectivity index (χ1n) is 8.41. The molecule has 1 aromatic heterocycles. The third-order valence-corrected chi connectivity index (χ3v) is 6.89. The van der Waals surface area contributed by atoms with Gasteiger partial charge in [0.25, 0.3) is 0 Å². The molecule has 3 rings (SSSR count). The fourth-order valence-electron chi connectivity index (χ4n) is 3.17. The molecule has 1 N–H and O–H groups in total. The Morgan fingerprint density at radius 3 is 2.65 bits per heavy atom. The summed E-state index contributed by atoms with van der Waals surface area (Å²) in [6.45, 7) is 2.20. The maximum atomic E-state index is 12.4. The molecule has 7 heteroatoms. The van der Waals surface area contributed by atoms with Crippen LogP contribution in [0.5, 0.6) is 0 Å². The van der Waals surface area contributed by atoms with E-state index >= 15 is 0 Å². The summed E-state index contributed by atoms with van der Waals surface area (Å²) in [5.74, 6) is 0.393. The van der Waals surface area contributed by atoms with Crippen LogP contribution in [-0.2, 0) is 33.9 Å². The lowest BCUT2D eigenvalue weighted by Gasteiger charge is -2.17. The number of nitrogens with one attached hydrogen (secondary N) is 1. The van der Waals surface area contributed by atoms with Crippen molar-refractivity contribution in [3.05, 3.63) is 45.8 Å². The molecule has 0 saturated carbocycles. The summed E-state index contributed by atoms with van der Waals surface area (Å²) in [5, 5.41) is 13.0. The van der Waals surface area contributed by atoms with Crippen LogP contribution in [0.25, 0.3) is 0 Å². The van der Waals surface area contributed by atoms with Gasteiger partial charge in [-0.05, 0) is 48.4 Å². The molecule has 5 nitrogen and oxygen atoms in total. The highest BCUT2D eigenvalue weighted by Crippen LogP contribution is 2.39. The number of sulfone groups is 1. The molecule has 0 radical (unpaired) electrons. The molecular formula is C19H20N2O3S2. The Kier molecular flexibility index (Phi) is 5.17. The number of fused-ring (bicyclic) bond motifs is 1. The Balaban J connectivity index is 1.74. The van der Waals surface area contributed by atoms with Crippen molar-refractivity contribution >= 4 is 32.1 Å². The van der Waals surface area contributed by atoms with E-state index in [9.17, 15) is 18.5 Å². The number of hydrogen-bond acceptors (Lipinski definition) is 5. The smallest absolute Gasteiger partial charge is 0.229 e. The van der Waals surface area contributed by atoms with E-state index in [-0.39, 0.29) is 17.2 Å². The van der Waals surface area contributed by atoms with E-state index < -0.39 is 9.84 Å². The molecule has 1 heterocycles. The van der Waals surface area contributed by atoms with Crippen molar-refractivity contribution in [2.24, 2.45) is 5.92 Å². The zero-order valence-electron chi connectivity index (χ0n) is 14.7. The molecule has 0 spiro atoms. The number of nitrogens with zero attached hydrogens (tertiary/aromatic N) is 1. The van der Waals surface area contributed by atoms with Crippen LogP contribution in [0.4, 0.5) is 5.00 Å². The maximum Gasteiger partial charge on any atom is 0.229 e. The highest BCUT2D eigenvalue weighted by Gasteiger charge is 2.24. The first kappa shape index (κ1) is 18.6. The minimum Gasteiger partial charge on any atom is -0.316 e. The van der Waals surface area contributed by atoms with Crippen molar-refractivity contribution < 1.29 is 13.2 Å². The highest BCUT2D eigenvalue weighted by atomic mass is 32.2. The highest BCUT2D eigenvalue weighted by molar-refractivity contribution is 7.90. The molecular weight excluding hydrogens is 368 g/mol. The van der Waals surface area contributed by atoms with Crippen LogP contribution in [0.15, 0.2) is 29.2 Å². The quantitative estimate of drug-likeness (QED) is 0.870. The largest absolute Gasteiger partial charge is 0.316 e. The first-order valence-corrected chi connectivity index (χ1v) is 11.1. The van der Waals surface area contributed by atoms with E-state index in [2.05, 4.69) is 18.3 Å². The molecule has 0 unspecified atom stereocenters. The van der Waals surface area contributed by atoms with E-state index in [0.29, 0.717) is 16.5 Å². The number of thiophene rings is 1. The Bertz CT molecular complexity index is 983. The van der Waals surface area contributed by atoms with Crippen molar-refractivity contribution in [2.75, 3.05) is 11.6 Å². The zero-order chi connectivity index (χ0) is 18.9. The van der Waals surface area contributed by atoms with Crippen LogP contribution >= 0.6 is 11.3 Å². The molecule has 0 bridgehead atoms. The van der Waals surface area contributed by atoms with E-state index in [1.807, 2.05) is 0 Å². The second kappa shape index (κ2) is 7.22. The number of rotatable bonds is 4. The van der Waals surface area contributed by atoms with Crippen molar-refractivity contribution in [2.45, 2.75) is 37.5 Å². The van der Waals surface area contributed by atoms with Crippen molar-refractivity contribution in [3.63, 3.8) is 0 Å². The molecule has 1 atom stereocenters. The number of hydrogen-bond donors (Lipinski definition) is 1. The van der Waals surface area contributed by atoms with E-state index in [0.717, 1.165) is 36.6 Å². The third kappa shape index (κ3) is 3.97. The van der Waals surface area contributed by atoms with Gasteiger partial charge in [0, 0.05) is 11.1 Å². The minimum atomic E-state index is -3.25. The predicted molar refractivity (Wildman–Crippen MR) is 102 cm³/mol. The van der Waals surface area contributed by atoms with Gasteiger partial charge >= 0.3 is 0 Å². The van der Waals surface area contributed by atoms with Gasteiger partial charge in [0.1, 0.15) is 11.1 Å². The summed E-state index contributed by atoms with van der Waals surface area (Å²) in [6.07, 6.45) is 4.19. The number of benzene rings is 1. The van der Waals surface area contributed by atoms with Crippen LogP contribution in [0, 0.1) is 17.2 Å².